The number of nitro benzene ring substituents is 1. The molecule has 3 aromatic rings. The molecule has 3 rings (SSSR count). The lowest BCUT2D eigenvalue weighted by molar-refractivity contribution is -0.384. The first-order valence-corrected chi connectivity index (χ1v) is 6.98. The lowest BCUT2D eigenvalue weighted by Crippen LogP contribution is -1.91. The fraction of sp³-hybridized carbons (Fsp3) is 0. The average Bonchev–Trinajstić information content (AvgIpc) is 3.05. The summed E-state index contributed by atoms with van der Waals surface area (Å²) in [5.41, 5.74) is 0.509. The SMILES string of the molecule is O=[N+]([O-])c1cc(Cl)c(Oc2ccc(-c3nnco3)cc2)c(Cl)c1. The van der Waals surface area contributed by atoms with Gasteiger partial charge in [-0.25, -0.2) is 0 Å². The van der Waals surface area contributed by atoms with E-state index in [4.69, 9.17) is 32.4 Å². The molecule has 0 radical (unpaired) electrons. The van der Waals surface area contributed by atoms with Crippen molar-refractivity contribution in [2.24, 2.45) is 0 Å². The summed E-state index contributed by atoms with van der Waals surface area (Å²) in [5, 5.41) is 18.2. The molecular formula is C14H7Cl2N3O4. The molecule has 0 aliphatic rings. The largest absolute Gasteiger partial charge is 0.454 e. The highest BCUT2D eigenvalue weighted by Crippen LogP contribution is 2.39. The van der Waals surface area contributed by atoms with Crippen LogP contribution in [0.5, 0.6) is 11.5 Å². The minimum absolute atomic E-state index is 0.0465. The van der Waals surface area contributed by atoms with Crippen LogP contribution in [0.1, 0.15) is 0 Å². The molecular weight excluding hydrogens is 345 g/mol. The van der Waals surface area contributed by atoms with E-state index >= 15 is 0 Å². The minimum Gasteiger partial charge on any atom is -0.454 e. The van der Waals surface area contributed by atoms with Crippen LogP contribution in [-0.4, -0.2) is 15.1 Å². The van der Waals surface area contributed by atoms with Gasteiger partial charge in [0, 0.05) is 17.7 Å². The van der Waals surface area contributed by atoms with Gasteiger partial charge < -0.3 is 9.15 Å². The average molecular weight is 352 g/mol. The van der Waals surface area contributed by atoms with Crippen molar-refractivity contribution in [3.05, 3.63) is 63.0 Å². The molecule has 23 heavy (non-hydrogen) atoms. The second kappa shape index (κ2) is 6.23. The molecule has 0 aliphatic heterocycles. The van der Waals surface area contributed by atoms with E-state index in [1.807, 2.05) is 0 Å². The van der Waals surface area contributed by atoms with Crippen LogP contribution in [0.2, 0.25) is 10.0 Å². The van der Waals surface area contributed by atoms with Crippen molar-refractivity contribution in [3.8, 4) is 23.0 Å². The monoisotopic (exact) mass is 351 g/mol. The Morgan fingerprint density at radius 3 is 2.30 bits per heavy atom. The molecule has 0 atom stereocenters. The van der Waals surface area contributed by atoms with Gasteiger partial charge in [0.15, 0.2) is 5.75 Å². The van der Waals surface area contributed by atoms with Crippen LogP contribution < -0.4 is 4.74 Å². The van der Waals surface area contributed by atoms with Crippen LogP contribution in [0.15, 0.2) is 47.2 Å². The number of nitrogens with zero attached hydrogens (tertiary/aromatic N) is 3. The summed E-state index contributed by atoms with van der Waals surface area (Å²) in [6.07, 6.45) is 1.23. The maximum absolute atomic E-state index is 10.8. The summed E-state index contributed by atoms with van der Waals surface area (Å²) in [5.74, 6) is 0.971. The van der Waals surface area contributed by atoms with E-state index in [1.54, 1.807) is 24.3 Å². The van der Waals surface area contributed by atoms with Gasteiger partial charge in [0.05, 0.1) is 15.0 Å². The van der Waals surface area contributed by atoms with Crippen molar-refractivity contribution in [1.29, 1.82) is 0 Å². The zero-order valence-corrected chi connectivity index (χ0v) is 12.8. The first-order valence-electron chi connectivity index (χ1n) is 6.22. The summed E-state index contributed by atoms with van der Waals surface area (Å²) >= 11 is 12.0. The summed E-state index contributed by atoms with van der Waals surface area (Å²) in [6.45, 7) is 0. The molecule has 0 unspecified atom stereocenters. The normalized spacial score (nSPS) is 10.5. The summed E-state index contributed by atoms with van der Waals surface area (Å²) in [4.78, 5) is 10.2. The number of hydrogen-bond acceptors (Lipinski definition) is 6. The van der Waals surface area contributed by atoms with Gasteiger partial charge >= 0.3 is 0 Å². The van der Waals surface area contributed by atoms with Crippen molar-refractivity contribution in [1.82, 2.24) is 10.2 Å². The maximum Gasteiger partial charge on any atom is 0.272 e. The standard InChI is InChI=1S/C14H7Cl2N3O4/c15-11-5-9(19(20)21)6-12(16)13(11)23-10-3-1-8(2-4-10)14-18-17-7-22-14/h1-7H. The predicted molar refractivity (Wildman–Crippen MR) is 82.9 cm³/mol. The number of rotatable bonds is 4. The van der Waals surface area contributed by atoms with Crippen LogP contribution in [0.25, 0.3) is 11.5 Å². The number of ether oxygens (including phenoxy) is 1. The van der Waals surface area contributed by atoms with Gasteiger partial charge in [0.1, 0.15) is 5.75 Å². The van der Waals surface area contributed by atoms with Crippen LogP contribution >= 0.6 is 23.2 Å². The first kappa shape index (κ1) is 15.3. The molecule has 116 valence electrons. The summed E-state index contributed by atoms with van der Waals surface area (Å²) in [6, 6.07) is 9.11. The molecule has 1 heterocycles. The predicted octanol–water partition coefficient (Wildman–Crippen LogP) is 4.74. The number of hydrogen-bond donors (Lipinski definition) is 0. The fourth-order valence-electron chi connectivity index (χ4n) is 1.83. The van der Waals surface area contributed by atoms with E-state index in [-0.39, 0.29) is 21.5 Å². The molecule has 0 aliphatic carbocycles. The Balaban J connectivity index is 1.86. The molecule has 1 aromatic heterocycles. The number of aromatic nitrogens is 2. The summed E-state index contributed by atoms with van der Waals surface area (Å²) < 4.78 is 10.7. The number of nitro groups is 1. The molecule has 0 saturated carbocycles. The van der Waals surface area contributed by atoms with E-state index in [9.17, 15) is 10.1 Å². The zero-order chi connectivity index (χ0) is 16.4. The number of non-ortho nitro benzene ring substituents is 1. The van der Waals surface area contributed by atoms with E-state index in [0.29, 0.717) is 11.6 Å². The Hall–Kier alpha value is -2.64. The van der Waals surface area contributed by atoms with Crippen LogP contribution in [0.4, 0.5) is 5.69 Å². The van der Waals surface area contributed by atoms with Gasteiger partial charge in [-0.2, -0.15) is 0 Å². The molecule has 0 amide bonds. The highest BCUT2D eigenvalue weighted by Gasteiger charge is 2.16. The van der Waals surface area contributed by atoms with Crippen molar-refractivity contribution in [2.45, 2.75) is 0 Å². The van der Waals surface area contributed by atoms with Gasteiger partial charge in [-0.3, -0.25) is 10.1 Å². The third-order valence-corrected chi connectivity index (χ3v) is 3.44. The Bertz CT molecular complexity index is 828. The molecule has 7 nitrogen and oxygen atoms in total. The number of benzene rings is 2. The van der Waals surface area contributed by atoms with E-state index in [2.05, 4.69) is 10.2 Å². The van der Waals surface area contributed by atoms with Crippen molar-refractivity contribution < 1.29 is 14.1 Å². The molecule has 9 heteroatoms. The van der Waals surface area contributed by atoms with Crippen molar-refractivity contribution in [3.63, 3.8) is 0 Å². The highest BCUT2D eigenvalue weighted by molar-refractivity contribution is 6.37. The highest BCUT2D eigenvalue weighted by atomic mass is 35.5. The smallest absolute Gasteiger partial charge is 0.272 e. The summed E-state index contributed by atoms with van der Waals surface area (Å²) in [7, 11) is 0. The minimum atomic E-state index is -0.583. The van der Waals surface area contributed by atoms with Crippen molar-refractivity contribution >= 4 is 28.9 Å². The zero-order valence-electron chi connectivity index (χ0n) is 11.3. The van der Waals surface area contributed by atoms with Crippen molar-refractivity contribution in [2.75, 3.05) is 0 Å². The quantitative estimate of drug-likeness (QED) is 0.497. The molecule has 0 fully saturated rings. The molecule has 0 saturated heterocycles. The third-order valence-electron chi connectivity index (χ3n) is 2.88. The lowest BCUT2D eigenvalue weighted by atomic mass is 10.2. The Labute approximate surface area is 139 Å². The second-order valence-corrected chi connectivity index (χ2v) is 5.18. The van der Waals surface area contributed by atoms with E-state index in [0.717, 1.165) is 5.56 Å². The Kier molecular flexibility index (Phi) is 4.14. The molecule has 0 N–H and O–H groups in total. The molecule has 0 bridgehead atoms. The van der Waals surface area contributed by atoms with Gasteiger partial charge in [0.25, 0.3) is 5.69 Å². The molecule has 2 aromatic carbocycles. The van der Waals surface area contributed by atoms with Crippen LogP contribution in [0.3, 0.4) is 0 Å². The Morgan fingerprint density at radius 1 is 1.13 bits per heavy atom. The van der Waals surface area contributed by atoms with Gasteiger partial charge in [-0.05, 0) is 24.3 Å². The Morgan fingerprint density at radius 2 is 1.78 bits per heavy atom. The van der Waals surface area contributed by atoms with Gasteiger partial charge in [0.2, 0.25) is 12.3 Å². The van der Waals surface area contributed by atoms with Crippen LogP contribution in [-0.2, 0) is 0 Å². The second-order valence-electron chi connectivity index (χ2n) is 4.37. The number of halogens is 2. The third kappa shape index (κ3) is 3.25. The first-order chi connectivity index (χ1) is 11.0. The molecule has 0 spiro atoms. The lowest BCUT2D eigenvalue weighted by Gasteiger charge is -2.09. The van der Waals surface area contributed by atoms with E-state index in [1.165, 1.54) is 18.5 Å². The van der Waals surface area contributed by atoms with Gasteiger partial charge in [-0.15, -0.1) is 10.2 Å². The maximum atomic E-state index is 10.8. The topological polar surface area (TPSA) is 91.3 Å². The fourth-order valence-corrected chi connectivity index (χ4v) is 2.38. The van der Waals surface area contributed by atoms with Crippen LogP contribution in [0, 0.1) is 10.1 Å². The van der Waals surface area contributed by atoms with E-state index < -0.39 is 4.92 Å². The van der Waals surface area contributed by atoms with Gasteiger partial charge in [-0.1, -0.05) is 23.2 Å².